The highest BCUT2D eigenvalue weighted by molar-refractivity contribution is 7.94. The van der Waals surface area contributed by atoms with Crippen molar-refractivity contribution >= 4 is 29.4 Å². The van der Waals surface area contributed by atoms with Gasteiger partial charge in [-0.2, -0.15) is 4.98 Å². The van der Waals surface area contributed by atoms with Gasteiger partial charge in [-0.05, 0) is 30.7 Å². The normalized spacial score (nSPS) is 14.7. The molecule has 1 aliphatic rings. The summed E-state index contributed by atoms with van der Waals surface area (Å²) in [6.45, 7) is 3.51. The summed E-state index contributed by atoms with van der Waals surface area (Å²) in [5, 5.41) is 12.6. The lowest BCUT2D eigenvalue weighted by molar-refractivity contribution is 0.102. The number of carbonyl (C=O) groups is 1. The molecule has 0 atom stereocenters. The van der Waals surface area contributed by atoms with Crippen molar-refractivity contribution in [3.63, 3.8) is 0 Å². The number of amides is 1. The number of anilines is 1. The molecule has 1 saturated heterocycles. The Labute approximate surface area is 176 Å². The summed E-state index contributed by atoms with van der Waals surface area (Å²) >= 11 is 1.22. The Balaban J connectivity index is 1.38. The van der Waals surface area contributed by atoms with E-state index in [1.54, 1.807) is 10.6 Å². The summed E-state index contributed by atoms with van der Waals surface area (Å²) in [5.41, 5.74) is 3.57. The van der Waals surface area contributed by atoms with Crippen LogP contribution in [0.1, 0.15) is 27.9 Å². The van der Waals surface area contributed by atoms with Crippen LogP contribution in [-0.4, -0.2) is 42.8 Å². The zero-order valence-electron chi connectivity index (χ0n) is 16.1. The fourth-order valence-corrected chi connectivity index (χ4v) is 3.91. The largest absolute Gasteiger partial charge is 0.339 e. The number of nitrogens with zero attached hydrogens (tertiary/aromatic N) is 5. The van der Waals surface area contributed by atoms with Crippen molar-refractivity contribution in [2.24, 2.45) is 5.14 Å². The highest BCUT2D eigenvalue weighted by Crippen LogP contribution is 2.31. The minimum Gasteiger partial charge on any atom is -0.339 e. The zero-order valence-corrected chi connectivity index (χ0v) is 17.0. The summed E-state index contributed by atoms with van der Waals surface area (Å²) in [7, 11) is 0. The number of aryl methyl sites for hydroxylation is 1. The molecule has 0 unspecified atom stereocenters. The molecule has 0 bridgehead atoms. The molecule has 9 nitrogen and oxygen atoms in total. The first kappa shape index (κ1) is 18.8. The molecule has 0 radical (unpaired) electrons. The molecule has 1 amide bonds. The Kier molecular flexibility index (Phi) is 4.74. The Morgan fingerprint density at radius 1 is 1.30 bits per heavy atom. The Morgan fingerprint density at radius 2 is 2.17 bits per heavy atom. The molecule has 1 aromatic carbocycles. The average Bonchev–Trinajstić information content (AvgIpc) is 3.36. The van der Waals surface area contributed by atoms with Crippen molar-refractivity contribution in [2.75, 3.05) is 18.4 Å². The molecule has 1 fully saturated rings. The molecule has 0 aliphatic carbocycles. The fraction of sp³-hybridized carbons (Fsp3) is 0.200. The van der Waals surface area contributed by atoms with Gasteiger partial charge in [0.25, 0.3) is 5.91 Å². The molecule has 4 aromatic rings. The van der Waals surface area contributed by atoms with Crippen LogP contribution < -0.4 is 10.5 Å². The van der Waals surface area contributed by atoms with Crippen molar-refractivity contribution in [2.45, 2.75) is 12.8 Å². The van der Waals surface area contributed by atoms with Gasteiger partial charge in [-0.25, -0.2) is 9.29 Å². The average molecular weight is 421 g/mol. The predicted octanol–water partition coefficient (Wildman–Crippen LogP) is 2.87. The number of imidazole rings is 1. The number of benzene rings is 1. The van der Waals surface area contributed by atoms with Crippen LogP contribution in [0.3, 0.4) is 0 Å². The van der Waals surface area contributed by atoms with Crippen LogP contribution in [0.2, 0.25) is 0 Å². The number of nitrogens with one attached hydrogen (secondary N) is 1. The second kappa shape index (κ2) is 7.56. The molecule has 3 aromatic heterocycles. The van der Waals surface area contributed by atoms with Crippen LogP contribution in [0.4, 0.5) is 5.69 Å². The first-order chi connectivity index (χ1) is 14.6. The van der Waals surface area contributed by atoms with E-state index >= 15 is 0 Å². The molecular weight excluding hydrogens is 402 g/mol. The number of aromatic nitrogens is 4. The van der Waals surface area contributed by atoms with E-state index < -0.39 is 0 Å². The van der Waals surface area contributed by atoms with Crippen LogP contribution in [-0.2, 0) is 0 Å². The molecule has 1 aliphatic heterocycles. The molecule has 10 heteroatoms. The van der Waals surface area contributed by atoms with Gasteiger partial charge >= 0.3 is 0 Å². The predicted molar refractivity (Wildman–Crippen MR) is 114 cm³/mol. The Hall–Kier alpha value is -3.21. The van der Waals surface area contributed by atoms with Crippen molar-refractivity contribution in [1.29, 1.82) is 0 Å². The zero-order chi connectivity index (χ0) is 20.7. The van der Waals surface area contributed by atoms with Gasteiger partial charge in [0.15, 0.2) is 0 Å². The number of carbonyl (C=O) groups excluding carboxylic acids is 1. The smallest absolute Gasteiger partial charge is 0.274 e. The molecule has 5 rings (SSSR count). The molecular formula is C20H19N7O2S. The lowest BCUT2D eigenvalue weighted by Crippen LogP contribution is -2.41. The van der Waals surface area contributed by atoms with Crippen molar-refractivity contribution in [3.05, 3.63) is 65.9 Å². The quantitative estimate of drug-likeness (QED) is 0.473. The lowest BCUT2D eigenvalue weighted by atomic mass is 10.0. The highest BCUT2D eigenvalue weighted by atomic mass is 32.2. The highest BCUT2D eigenvalue weighted by Gasteiger charge is 2.32. The summed E-state index contributed by atoms with van der Waals surface area (Å²) in [4.78, 5) is 21.7. The van der Waals surface area contributed by atoms with Crippen LogP contribution in [0.5, 0.6) is 0 Å². The summed E-state index contributed by atoms with van der Waals surface area (Å²) in [6.07, 6.45) is 3.38. The van der Waals surface area contributed by atoms with E-state index in [9.17, 15) is 4.79 Å². The summed E-state index contributed by atoms with van der Waals surface area (Å²) < 4.78 is 9.21. The van der Waals surface area contributed by atoms with Crippen LogP contribution >= 0.6 is 12.1 Å². The maximum absolute atomic E-state index is 12.8. The van der Waals surface area contributed by atoms with Gasteiger partial charge in [0, 0.05) is 42.7 Å². The number of hydrogen-bond acceptors (Lipinski definition) is 8. The Bertz CT molecular complexity index is 1230. The van der Waals surface area contributed by atoms with Gasteiger partial charge in [0.2, 0.25) is 11.7 Å². The van der Waals surface area contributed by atoms with E-state index in [4.69, 9.17) is 9.66 Å². The Morgan fingerprint density at radius 3 is 3.00 bits per heavy atom. The van der Waals surface area contributed by atoms with Crippen LogP contribution in [0.15, 0.2) is 53.3 Å². The number of nitrogens with two attached hydrogens (primary N) is 1. The second-order valence-electron chi connectivity index (χ2n) is 7.16. The van der Waals surface area contributed by atoms with Crippen LogP contribution in [0, 0.1) is 6.92 Å². The number of hydrogen-bond donors (Lipinski definition) is 2. The standard InChI is InChI=1S/C20H19N7O2S/c1-12-5-6-13(18-24-20(29-25-18)14-10-26(11-14)30-21)8-15(12)23-19(28)16-9-22-17-4-2-3-7-27(16)17/h2-9,14H,10-11,21H2,1H3,(H,23,28). The van der Waals surface area contributed by atoms with E-state index in [-0.39, 0.29) is 11.8 Å². The summed E-state index contributed by atoms with van der Waals surface area (Å²) in [6, 6.07) is 11.3. The second-order valence-corrected chi connectivity index (χ2v) is 7.89. The lowest BCUT2D eigenvalue weighted by Gasteiger charge is -2.33. The van der Waals surface area contributed by atoms with Crippen molar-refractivity contribution < 1.29 is 9.32 Å². The van der Waals surface area contributed by atoms with E-state index in [1.165, 1.54) is 12.1 Å². The monoisotopic (exact) mass is 421 g/mol. The van der Waals surface area contributed by atoms with Gasteiger partial charge in [0.05, 0.1) is 12.1 Å². The summed E-state index contributed by atoms with van der Waals surface area (Å²) in [5.74, 6) is 1.06. The first-order valence-electron chi connectivity index (χ1n) is 9.42. The van der Waals surface area contributed by atoms with Gasteiger partial charge in [-0.3, -0.25) is 14.3 Å². The van der Waals surface area contributed by atoms with E-state index in [0.29, 0.717) is 23.1 Å². The van der Waals surface area contributed by atoms with E-state index in [2.05, 4.69) is 20.4 Å². The molecule has 30 heavy (non-hydrogen) atoms. The maximum Gasteiger partial charge on any atom is 0.274 e. The molecule has 0 spiro atoms. The molecule has 4 heterocycles. The topological polar surface area (TPSA) is 115 Å². The fourth-order valence-electron chi connectivity index (χ4n) is 3.38. The van der Waals surface area contributed by atoms with Crippen molar-refractivity contribution in [1.82, 2.24) is 23.8 Å². The maximum atomic E-state index is 12.8. The van der Waals surface area contributed by atoms with Crippen LogP contribution in [0.25, 0.3) is 17.0 Å². The molecule has 3 N–H and O–H groups in total. The minimum absolute atomic E-state index is 0.196. The molecule has 0 saturated carbocycles. The van der Waals surface area contributed by atoms with Gasteiger partial charge in [-0.15, -0.1) is 0 Å². The van der Waals surface area contributed by atoms with Gasteiger partial charge in [-0.1, -0.05) is 23.4 Å². The van der Waals surface area contributed by atoms with E-state index in [0.717, 1.165) is 29.9 Å². The van der Waals surface area contributed by atoms with E-state index in [1.807, 2.05) is 53.8 Å². The third kappa shape index (κ3) is 3.34. The number of pyridine rings is 1. The number of rotatable bonds is 5. The minimum atomic E-state index is -0.239. The van der Waals surface area contributed by atoms with Gasteiger partial charge < -0.3 is 9.84 Å². The third-order valence-corrected chi connectivity index (χ3v) is 5.78. The van der Waals surface area contributed by atoms with Gasteiger partial charge in [0.1, 0.15) is 11.3 Å². The molecule has 152 valence electrons. The third-order valence-electron chi connectivity index (χ3n) is 5.18. The SMILES string of the molecule is Cc1ccc(-c2noc(C3CN(SN)C3)n2)cc1NC(=O)c1cnc2ccccn12. The number of fused-ring (bicyclic) bond motifs is 1. The van der Waals surface area contributed by atoms with Crippen molar-refractivity contribution in [3.8, 4) is 11.4 Å². The first-order valence-corrected chi connectivity index (χ1v) is 10.3.